The molecule has 4 nitrogen and oxygen atoms in total. The normalized spacial score (nSPS) is 11.5. The van der Waals surface area contributed by atoms with E-state index in [4.69, 9.17) is 17.3 Å². The Labute approximate surface area is 121 Å². The predicted octanol–water partition coefficient (Wildman–Crippen LogP) is 3.40. The van der Waals surface area contributed by atoms with Crippen molar-refractivity contribution >= 4 is 44.3 Å². The van der Waals surface area contributed by atoms with Crippen LogP contribution in [0.5, 0.6) is 0 Å². The summed E-state index contributed by atoms with van der Waals surface area (Å²) in [6, 6.07) is 6.69. The number of nitrogens with two attached hydrogens (primary N) is 1. The predicted molar refractivity (Wildman–Crippen MR) is 80.5 cm³/mol. The number of hydrogen-bond acceptors (Lipinski definition) is 4. The van der Waals surface area contributed by atoms with Gasteiger partial charge in [0.05, 0.1) is 15.7 Å². The highest BCUT2D eigenvalue weighted by atomic mass is 35.5. The summed E-state index contributed by atoms with van der Waals surface area (Å²) in [7, 11) is -3.65. The smallest absolute Gasteiger partial charge is 0.271 e. The first-order valence-electron chi connectivity index (χ1n) is 5.44. The first kappa shape index (κ1) is 14.2. The van der Waals surface area contributed by atoms with Crippen LogP contribution in [-0.4, -0.2) is 8.42 Å². The molecule has 0 saturated heterocycles. The fraction of sp³-hybridized carbons (Fsp3) is 0.167. The molecule has 0 aliphatic rings. The molecule has 1 aromatic heterocycles. The Morgan fingerprint density at radius 2 is 1.95 bits per heavy atom. The van der Waals surface area contributed by atoms with Gasteiger partial charge in [0, 0.05) is 0 Å². The van der Waals surface area contributed by atoms with Gasteiger partial charge in [-0.15, -0.1) is 11.3 Å². The lowest BCUT2D eigenvalue weighted by atomic mass is 10.2. The van der Waals surface area contributed by atoms with Crippen molar-refractivity contribution in [3.8, 4) is 0 Å². The maximum atomic E-state index is 12.2. The first-order chi connectivity index (χ1) is 8.79. The van der Waals surface area contributed by atoms with E-state index in [1.54, 1.807) is 31.2 Å². The van der Waals surface area contributed by atoms with E-state index in [2.05, 4.69) is 4.72 Å². The summed E-state index contributed by atoms with van der Waals surface area (Å²) in [6.07, 6.45) is 0. The number of thiophene rings is 1. The summed E-state index contributed by atoms with van der Waals surface area (Å²) in [4.78, 5) is 0. The number of aryl methyl sites for hydroxylation is 2. The Bertz CT molecular complexity index is 704. The number of nitrogens with one attached hydrogen (secondary N) is 1. The van der Waals surface area contributed by atoms with Crippen LogP contribution in [0.4, 0.5) is 11.4 Å². The van der Waals surface area contributed by atoms with E-state index >= 15 is 0 Å². The molecule has 7 heteroatoms. The number of anilines is 2. The van der Waals surface area contributed by atoms with Crippen molar-refractivity contribution in [3.05, 3.63) is 39.7 Å². The minimum atomic E-state index is -3.65. The third-order valence-electron chi connectivity index (χ3n) is 2.55. The zero-order valence-electron chi connectivity index (χ0n) is 10.4. The topological polar surface area (TPSA) is 72.2 Å². The largest absolute Gasteiger partial charge is 0.397 e. The Kier molecular flexibility index (Phi) is 3.75. The minimum absolute atomic E-state index is 0.176. The van der Waals surface area contributed by atoms with Crippen LogP contribution in [0, 0.1) is 13.8 Å². The molecule has 1 aromatic carbocycles. The van der Waals surface area contributed by atoms with Crippen LogP contribution < -0.4 is 10.5 Å². The van der Waals surface area contributed by atoms with E-state index in [0.717, 1.165) is 22.5 Å². The van der Waals surface area contributed by atoms with E-state index < -0.39 is 10.0 Å². The molecule has 0 aliphatic heterocycles. The lowest BCUT2D eigenvalue weighted by Crippen LogP contribution is -2.12. The molecule has 1 heterocycles. The van der Waals surface area contributed by atoms with Crippen LogP contribution in [0.25, 0.3) is 0 Å². The maximum absolute atomic E-state index is 12.2. The SMILES string of the molecule is Cc1ccc(NS(=O)(=O)c2cc(C)c(Cl)s2)c(N)c1. The van der Waals surface area contributed by atoms with Gasteiger partial charge in [0.1, 0.15) is 4.21 Å². The number of halogens is 1. The molecule has 2 rings (SSSR count). The van der Waals surface area contributed by atoms with Crippen LogP contribution in [0.1, 0.15) is 11.1 Å². The van der Waals surface area contributed by atoms with Crippen molar-refractivity contribution in [2.45, 2.75) is 18.1 Å². The highest BCUT2D eigenvalue weighted by Gasteiger charge is 2.19. The van der Waals surface area contributed by atoms with Gasteiger partial charge >= 0.3 is 0 Å². The number of rotatable bonds is 3. The van der Waals surface area contributed by atoms with Crippen LogP contribution in [0.15, 0.2) is 28.5 Å². The van der Waals surface area contributed by atoms with Gasteiger partial charge in [0.25, 0.3) is 10.0 Å². The molecule has 2 aromatic rings. The summed E-state index contributed by atoms with van der Waals surface area (Å²) in [5, 5.41) is 0. The molecule has 19 heavy (non-hydrogen) atoms. The molecule has 0 atom stereocenters. The molecular weight excluding hydrogens is 304 g/mol. The minimum Gasteiger partial charge on any atom is -0.397 e. The van der Waals surface area contributed by atoms with E-state index in [-0.39, 0.29) is 4.21 Å². The highest BCUT2D eigenvalue weighted by molar-refractivity contribution is 7.94. The fourth-order valence-corrected chi connectivity index (χ4v) is 4.33. The molecule has 3 N–H and O–H groups in total. The van der Waals surface area contributed by atoms with E-state index in [0.29, 0.717) is 15.7 Å². The Balaban J connectivity index is 2.36. The second kappa shape index (κ2) is 5.03. The summed E-state index contributed by atoms with van der Waals surface area (Å²) < 4.78 is 27.5. The summed E-state index contributed by atoms with van der Waals surface area (Å²) >= 11 is 6.92. The lowest BCUT2D eigenvalue weighted by Gasteiger charge is -2.09. The molecule has 0 fully saturated rings. The number of benzene rings is 1. The molecule has 0 saturated carbocycles. The monoisotopic (exact) mass is 316 g/mol. The second-order valence-electron chi connectivity index (χ2n) is 4.22. The van der Waals surface area contributed by atoms with Gasteiger partial charge < -0.3 is 5.73 Å². The van der Waals surface area contributed by atoms with Crippen molar-refractivity contribution in [2.24, 2.45) is 0 Å². The standard InChI is InChI=1S/C12H13ClN2O2S2/c1-7-3-4-10(9(14)5-7)15-19(16,17)11-6-8(2)12(13)18-11/h3-6,15H,14H2,1-2H3. The maximum Gasteiger partial charge on any atom is 0.271 e. The van der Waals surface area contributed by atoms with Crippen LogP contribution in [0.3, 0.4) is 0 Å². The van der Waals surface area contributed by atoms with E-state index in [1.165, 1.54) is 0 Å². The Morgan fingerprint density at radius 3 is 2.47 bits per heavy atom. The van der Waals surface area contributed by atoms with Crippen LogP contribution in [0.2, 0.25) is 4.34 Å². The average molecular weight is 317 g/mol. The van der Waals surface area contributed by atoms with Gasteiger partial charge in [0.15, 0.2) is 0 Å². The number of nitrogen functional groups attached to an aromatic ring is 1. The van der Waals surface area contributed by atoms with E-state index in [1.807, 2.05) is 6.92 Å². The quantitative estimate of drug-likeness (QED) is 0.852. The summed E-state index contributed by atoms with van der Waals surface area (Å²) in [5.74, 6) is 0. The zero-order valence-corrected chi connectivity index (χ0v) is 12.8. The molecule has 0 amide bonds. The zero-order chi connectivity index (χ0) is 14.2. The molecule has 0 bridgehead atoms. The molecule has 0 unspecified atom stereocenters. The lowest BCUT2D eigenvalue weighted by molar-refractivity contribution is 0.603. The van der Waals surface area contributed by atoms with Gasteiger partial charge in [-0.2, -0.15) is 0 Å². The average Bonchev–Trinajstić information content (AvgIpc) is 2.64. The third-order valence-corrected chi connectivity index (χ3v) is 5.95. The second-order valence-corrected chi connectivity index (χ2v) is 7.78. The number of sulfonamides is 1. The van der Waals surface area contributed by atoms with Gasteiger partial charge in [-0.1, -0.05) is 17.7 Å². The molecule has 0 spiro atoms. The van der Waals surface area contributed by atoms with Crippen molar-refractivity contribution in [1.29, 1.82) is 0 Å². The van der Waals surface area contributed by atoms with Crippen molar-refractivity contribution in [1.82, 2.24) is 0 Å². The summed E-state index contributed by atoms with van der Waals surface area (Å²) in [5.41, 5.74) is 8.26. The van der Waals surface area contributed by atoms with Crippen molar-refractivity contribution in [3.63, 3.8) is 0 Å². The first-order valence-corrected chi connectivity index (χ1v) is 8.12. The van der Waals surface area contributed by atoms with Crippen LogP contribution >= 0.6 is 22.9 Å². The molecular formula is C12H13ClN2O2S2. The molecule has 0 aliphatic carbocycles. The third kappa shape index (κ3) is 3.02. The molecule has 102 valence electrons. The van der Waals surface area contributed by atoms with Crippen molar-refractivity contribution < 1.29 is 8.42 Å². The van der Waals surface area contributed by atoms with Gasteiger partial charge in [-0.25, -0.2) is 8.42 Å². The van der Waals surface area contributed by atoms with Gasteiger partial charge in [0.2, 0.25) is 0 Å². The summed E-state index contributed by atoms with van der Waals surface area (Å²) in [6.45, 7) is 3.65. The van der Waals surface area contributed by atoms with E-state index in [9.17, 15) is 8.42 Å². The molecule has 0 radical (unpaired) electrons. The fourth-order valence-electron chi connectivity index (χ4n) is 1.53. The Hall–Kier alpha value is -1.24. The van der Waals surface area contributed by atoms with Gasteiger partial charge in [-0.05, 0) is 43.2 Å². The van der Waals surface area contributed by atoms with Gasteiger partial charge in [-0.3, -0.25) is 4.72 Å². The number of hydrogen-bond donors (Lipinski definition) is 2. The van der Waals surface area contributed by atoms with Crippen molar-refractivity contribution in [2.75, 3.05) is 10.5 Å². The highest BCUT2D eigenvalue weighted by Crippen LogP contribution is 2.32. The van der Waals surface area contributed by atoms with Crippen LogP contribution in [-0.2, 0) is 10.0 Å². The Morgan fingerprint density at radius 1 is 1.26 bits per heavy atom.